The molecule has 0 aliphatic carbocycles. The van der Waals surface area contributed by atoms with Gasteiger partial charge in [-0.15, -0.1) is 0 Å². The molecule has 0 radical (unpaired) electrons. The third-order valence-corrected chi connectivity index (χ3v) is 4.52. The molecule has 9 nitrogen and oxygen atoms in total. The zero-order valence-corrected chi connectivity index (χ0v) is 17.0. The van der Waals surface area contributed by atoms with Gasteiger partial charge in [-0.2, -0.15) is 10.1 Å². The molecule has 3 aromatic rings. The highest BCUT2D eigenvalue weighted by molar-refractivity contribution is 9.10. The Hall–Kier alpha value is -3.01. The Kier molecular flexibility index (Phi) is 6.19. The van der Waals surface area contributed by atoms with Crippen molar-refractivity contribution in [1.82, 2.24) is 30.1 Å². The van der Waals surface area contributed by atoms with Crippen molar-refractivity contribution in [2.24, 2.45) is 0 Å². The van der Waals surface area contributed by atoms with Crippen LogP contribution in [0, 0.1) is 0 Å². The molecule has 28 heavy (non-hydrogen) atoms. The first kappa shape index (κ1) is 19.7. The lowest BCUT2D eigenvalue weighted by Crippen LogP contribution is -2.40. The maximum absolute atomic E-state index is 12.4. The van der Waals surface area contributed by atoms with Gasteiger partial charge >= 0.3 is 0 Å². The topological polar surface area (TPSA) is 106 Å². The van der Waals surface area contributed by atoms with Crippen LogP contribution in [-0.2, 0) is 16.1 Å². The second kappa shape index (κ2) is 8.79. The van der Waals surface area contributed by atoms with Crippen LogP contribution in [-0.4, -0.2) is 50.2 Å². The number of benzene rings is 1. The zero-order chi connectivity index (χ0) is 20.1. The summed E-state index contributed by atoms with van der Waals surface area (Å²) in [4.78, 5) is 30.1. The van der Waals surface area contributed by atoms with Crippen LogP contribution in [0.15, 0.2) is 51.7 Å². The Morgan fingerprint density at radius 1 is 1.36 bits per heavy atom. The molecule has 1 aromatic carbocycles. The number of aromatic nitrogens is 4. The molecule has 0 bridgehead atoms. The first-order valence-electron chi connectivity index (χ1n) is 8.53. The molecule has 0 unspecified atom stereocenters. The highest BCUT2D eigenvalue weighted by Crippen LogP contribution is 2.20. The Morgan fingerprint density at radius 3 is 2.89 bits per heavy atom. The number of hydrogen-bond donors (Lipinski definition) is 1. The van der Waals surface area contributed by atoms with Crippen molar-refractivity contribution in [1.29, 1.82) is 0 Å². The average Bonchev–Trinajstić information content (AvgIpc) is 3.37. The molecule has 146 valence electrons. The number of carbonyl (C=O) groups is 2. The molecule has 3 rings (SSSR count). The van der Waals surface area contributed by atoms with Gasteiger partial charge in [0.2, 0.25) is 23.5 Å². The molecule has 0 saturated carbocycles. The fraction of sp³-hybridized carbons (Fsp3) is 0.278. The Morgan fingerprint density at radius 2 is 2.18 bits per heavy atom. The zero-order valence-electron chi connectivity index (χ0n) is 15.4. The van der Waals surface area contributed by atoms with Crippen molar-refractivity contribution >= 4 is 27.7 Å². The number of carbonyl (C=O) groups excluding carboxylic acids is 2. The van der Waals surface area contributed by atoms with Crippen molar-refractivity contribution in [2.75, 3.05) is 13.6 Å². The standard InChI is InChI=1S/C18H19BrN6O3/c1-12(25-8-4-7-21-25)18(27)24(2)11-15(26)20-10-16-22-17(23-28-16)13-5-3-6-14(19)9-13/h3-9,12H,10-11H2,1-2H3,(H,20,26)/t12-/m1/s1. The summed E-state index contributed by atoms with van der Waals surface area (Å²) >= 11 is 3.39. The number of amides is 2. The van der Waals surface area contributed by atoms with Gasteiger partial charge in [-0.25, -0.2) is 0 Å². The van der Waals surface area contributed by atoms with E-state index >= 15 is 0 Å². The summed E-state index contributed by atoms with van der Waals surface area (Å²) < 4.78 is 7.61. The number of likely N-dealkylation sites (N-methyl/N-ethyl adjacent to an activating group) is 1. The number of nitrogens with one attached hydrogen (secondary N) is 1. The van der Waals surface area contributed by atoms with Crippen LogP contribution in [0.25, 0.3) is 11.4 Å². The van der Waals surface area contributed by atoms with Gasteiger partial charge < -0.3 is 14.7 Å². The van der Waals surface area contributed by atoms with E-state index in [1.54, 1.807) is 37.1 Å². The Bertz CT molecular complexity index is 956. The summed E-state index contributed by atoms with van der Waals surface area (Å²) in [5.41, 5.74) is 0.800. The molecule has 0 aliphatic heterocycles. The first-order chi connectivity index (χ1) is 13.4. The minimum absolute atomic E-state index is 0.0799. The second-order valence-electron chi connectivity index (χ2n) is 6.16. The van der Waals surface area contributed by atoms with Crippen LogP contribution in [0.5, 0.6) is 0 Å². The van der Waals surface area contributed by atoms with Crippen LogP contribution in [0.3, 0.4) is 0 Å². The van der Waals surface area contributed by atoms with E-state index in [0.29, 0.717) is 5.82 Å². The third-order valence-electron chi connectivity index (χ3n) is 4.02. The Labute approximate surface area is 169 Å². The highest BCUT2D eigenvalue weighted by atomic mass is 79.9. The first-order valence-corrected chi connectivity index (χ1v) is 9.32. The lowest BCUT2D eigenvalue weighted by Gasteiger charge is -2.21. The van der Waals surface area contributed by atoms with Crippen LogP contribution < -0.4 is 5.32 Å². The summed E-state index contributed by atoms with van der Waals surface area (Å²) in [5, 5.41) is 10.6. The number of hydrogen-bond acceptors (Lipinski definition) is 6. The normalized spacial score (nSPS) is 11.8. The summed E-state index contributed by atoms with van der Waals surface area (Å²) in [7, 11) is 1.57. The minimum Gasteiger partial charge on any atom is -0.345 e. The maximum Gasteiger partial charge on any atom is 0.247 e. The summed E-state index contributed by atoms with van der Waals surface area (Å²) in [6, 6.07) is 8.75. The SMILES string of the molecule is C[C@H](C(=O)N(C)CC(=O)NCc1nc(-c2cccc(Br)c2)no1)n1cccn1. The van der Waals surface area contributed by atoms with E-state index in [2.05, 4.69) is 36.5 Å². The van der Waals surface area contributed by atoms with E-state index in [4.69, 9.17) is 4.52 Å². The van der Waals surface area contributed by atoms with Gasteiger partial charge in [0.1, 0.15) is 6.04 Å². The fourth-order valence-corrected chi connectivity index (χ4v) is 2.94. The van der Waals surface area contributed by atoms with E-state index in [0.717, 1.165) is 10.0 Å². The van der Waals surface area contributed by atoms with Crippen LogP contribution in [0.4, 0.5) is 0 Å². The number of rotatable bonds is 7. The molecule has 0 saturated heterocycles. The molecule has 2 aromatic heterocycles. The summed E-state index contributed by atoms with van der Waals surface area (Å²) in [6.45, 7) is 1.72. The quantitative estimate of drug-likeness (QED) is 0.594. The van der Waals surface area contributed by atoms with Gasteiger partial charge in [0.15, 0.2) is 0 Å². The summed E-state index contributed by atoms with van der Waals surface area (Å²) in [6.07, 6.45) is 3.30. The van der Waals surface area contributed by atoms with E-state index in [9.17, 15) is 9.59 Å². The van der Waals surface area contributed by atoms with E-state index in [-0.39, 0.29) is 30.8 Å². The molecule has 10 heteroatoms. The fourth-order valence-electron chi connectivity index (χ4n) is 2.54. The smallest absolute Gasteiger partial charge is 0.247 e. The molecule has 1 N–H and O–H groups in total. The van der Waals surface area contributed by atoms with Crippen molar-refractivity contribution in [3.63, 3.8) is 0 Å². The predicted octanol–water partition coefficient (Wildman–Crippen LogP) is 2.03. The van der Waals surface area contributed by atoms with Crippen molar-refractivity contribution in [2.45, 2.75) is 19.5 Å². The van der Waals surface area contributed by atoms with Gasteiger partial charge in [0.05, 0.1) is 13.1 Å². The monoisotopic (exact) mass is 446 g/mol. The Balaban J connectivity index is 1.51. The van der Waals surface area contributed by atoms with Crippen molar-refractivity contribution < 1.29 is 14.1 Å². The summed E-state index contributed by atoms with van der Waals surface area (Å²) in [5.74, 6) is 0.174. The molecule has 2 heterocycles. The molecule has 0 fully saturated rings. The molecular formula is C18H19BrN6O3. The van der Waals surface area contributed by atoms with Gasteiger partial charge in [-0.3, -0.25) is 14.3 Å². The lowest BCUT2D eigenvalue weighted by molar-refractivity contribution is -0.137. The van der Waals surface area contributed by atoms with Gasteiger partial charge in [-0.05, 0) is 25.1 Å². The van der Waals surface area contributed by atoms with Gasteiger partial charge in [0, 0.05) is 29.5 Å². The number of nitrogens with zero attached hydrogens (tertiary/aromatic N) is 5. The molecule has 0 spiro atoms. The maximum atomic E-state index is 12.4. The lowest BCUT2D eigenvalue weighted by atomic mass is 10.2. The molecule has 1 atom stereocenters. The average molecular weight is 447 g/mol. The largest absolute Gasteiger partial charge is 0.345 e. The molecular weight excluding hydrogens is 428 g/mol. The van der Waals surface area contributed by atoms with Crippen LogP contribution in [0.1, 0.15) is 18.9 Å². The van der Waals surface area contributed by atoms with Crippen LogP contribution >= 0.6 is 15.9 Å². The number of halogens is 1. The van der Waals surface area contributed by atoms with E-state index in [1.807, 2.05) is 24.3 Å². The second-order valence-corrected chi connectivity index (χ2v) is 7.07. The van der Waals surface area contributed by atoms with Crippen molar-refractivity contribution in [3.05, 3.63) is 53.1 Å². The van der Waals surface area contributed by atoms with E-state index < -0.39 is 6.04 Å². The van der Waals surface area contributed by atoms with Gasteiger partial charge in [-0.1, -0.05) is 33.2 Å². The highest BCUT2D eigenvalue weighted by Gasteiger charge is 2.21. The molecule has 2 amide bonds. The van der Waals surface area contributed by atoms with Gasteiger partial charge in [0.25, 0.3) is 0 Å². The predicted molar refractivity (Wildman–Crippen MR) is 104 cm³/mol. The molecule has 0 aliphatic rings. The minimum atomic E-state index is -0.489. The van der Waals surface area contributed by atoms with Crippen LogP contribution in [0.2, 0.25) is 0 Å². The van der Waals surface area contributed by atoms with Crippen molar-refractivity contribution in [3.8, 4) is 11.4 Å². The third kappa shape index (κ3) is 4.83. The van der Waals surface area contributed by atoms with E-state index in [1.165, 1.54) is 4.90 Å².